The predicted molar refractivity (Wildman–Crippen MR) is 143 cm³/mol. The average Bonchev–Trinajstić information content (AvgIpc) is 2.85. The second-order valence-electron chi connectivity index (χ2n) is 8.40. The Labute approximate surface area is 196 Å². The van der Waals surface area contributed by atoms with Crippen LogP contribution in [0.2, 0.25) is 0 Å². The van der Waals surface area contributed by atoms with Gasteiger partial charge in [0.1, 0.15) is 21.4 Å². The molecule has 0 aliphatic heterocycles. The molecule has 168 valence electrons. The summed E-state index contributed by atoms with van der Waals surface area (Å²) in [6, 6.07) is 37.0. The van der Waals surface area contributed by atoms with E-state index in [0.717, 1.165) is 0 Å². The van der Waals surface area contributed by atoms with Crippen molar-refractivity contribution in [2.45, 2.75) is 0 Å². The maximum absolute atomic E-state index is 14.5. The highest BCUT2D eigenvalue weighted by Crippen LogP contribution is 2.65. The van der Waals surface area contributed by atoms with Crippen molar-refractivity contribution in [1.82, 2.24) is 0 Å². The average molecular weight is 492 g/mol. The van der Waals surface area contributed by atoms with E-state index in [1.165, 1.54) is 0 Å². The molecular weight excluding hydrogens is 465 g/mol. The van der Waals surface area contributed by atoms with Crippen molar-refractivity contribution in [3.8, 4) is 0 Å². The Hall–Kier alpha value is -2.43. The van der Waals surface area contributed by atoms with Crippen LogP contribution in [0.15, 0.2) is 121 Å². The lowest BCUT2D eigenvalue weighted by molar-refractivity contribution is 0.576. The minimum atomic E-state index is -3.20. The first-order chi connectivity index (χ1) is 15.8. The fraction of sp³-hybridized carbons (Fsp3) is 0.111. The van der Waals surface area contributed by atoms with Gasteiger partial charge in [0.2, 0.25) is 0 Å². The van der Waals surface area contributed by atoms with Crippen molar-refractivity contribution >= 4 is 42.6 Å². The van der Waals surface area contributed by atoms with Gasteiger partial charge < -0.3 is 13.7 Å². The van der Waals surface area contributed by atoms with E-state index in [1.54, 1.807) is 6.66 Å². The third-order valence-electron chi connectivity index (χ3n) is 5.69. The van der Waals surface area contributed by atoms with Gasteiger partial charge in [0, 0.05) is 21.2 Å². The molecule has 0 saturated carbocycles. The molecule has 0 spiro atoms. The lowest BCUT2D eigenvalue weighted by Crippen LogP contribution is -2.22. The number of hydrogen-bond acceptors (Lipinski definition) is 3. The van der Waals surface area contributed by atoms with E-state index in [9.17, 15) is 13.7 Å². The van der Waals surface area contributed by atoms with Crippen molar-refractivity contribution in [1.29, 1.82) is 0 Å². The van der Waals surface area contributed by atoms with E-state index >= 15 is 0 Å². The Bertz CT molecular complexity index is 1150. The van der Waals surface area contributed by atoms with Crippen LogP contribution in [0.4, 0.5) is 0 Å². The molecule has 0 amide bonds. The minimum absolute atomic E-state index is 0.00230. The van der Waals surface area contributed by atoms with Gasteiger partial charge in [0.15, 0.2) is 0 Å². The van der Waals surface area contributed by atoms with Crippen LogP contribution in [0.3, 0.4) is 0 Å². The van der Waals surface area contributed by atoms with E-state index in [2.05, 4.69) is 0 Å². The molecule has 4 rings (SSSR count). The van der Waals surface area contributed by atoms with E-state index in [4.69, 9.17) is 0 Å². The van der Waals surface area contributed by atoms with Gasteiger partial charge in [0.25, 0.3) is 0 Å². The van der Waals surface area contributed by atoms with Gasteiger partial charge in [-0.1, -0.05) is 121 Å². The molecule has 6 heteroatoms. The zero-order valence-corrected chi connectivity index (χ0v) is 21.2. The van der Waals surface area contributed by atoms with E-state index in [0.29, 0.717) is 21.2 Å². The normalized spacial score (nSPS) is 12.4. The van der Waals surface area contributed by atoms with Crippen LogP contribution in [-0.4, -0.2) is 18.5 Å². The lowest BCUT2D eigenvalue weighted by atomic mass is 10.4. The van der Waals surface area contributed by atoms with Gasteiger partial charge in [-0.05, 0) is 6.66 Å². The van der Waals surface area contributed by atoms with Crippen LogP contribution >= 0.6 is 21.4 Å². The quantitative estimate of drug-likeness (QED) is 0.287. The first-order valence-corrected chi connectivity index (χ1v) is 17.1. The Balaban J connectivity index is 1.78. The fourth-order valence-corrected chi connectivity index (χ4v) is 17.9. The second kappa shape index (κ2) is 9.82. The highest BCUT2D eigenvalue weighted by Gasteiger charge is 2.40. The van der Waals surface area contributed by atoms with E-state index < -0.39 is 21.4 Å². The molecule has 33 heavy (non-hydrogen) atoms. The molecule has 0 unspecified atom stereocenters. The monoisotopic (exact) mass is 492 g/mol. The maximum atomic E-state index is 14.5. The molecule has 0 aromatic heterocycles. The Morgan fingerprint density at radius 2 is 0.636 bits per heavy atom. The van der Waals surface area contributed by atoms with Crippen molar-refractivity contribution in [2.75, 3.05) is 18.5 Å². The van der Waals surface area contributed by atoms with Crippen LogP contribution in [0, 0.1) is 0 Å². The van der Waals surface area contributed by atoms with Crippen LogP contribution in [0.5, 0.6) is 0 Å². The predicted octanol–water partition coefficient (Wildman–Crippen LogP) is 5.92. The molecule has 0 bridgehead atoms. The van der Waals surface area contributed by atoms with Gasteiger partial charge in [-0.25, -0.2) is 0 Å². The van der Waals surface area contributed by atoms with Gasteiger partial charge in [0.05, 0.1) is 11.8 Å². The molecule has 0 aliphatic rings. The molecule has 0 fully saturated rings. The van der Waals surface area contributed by atoms with Gasteiger partial charge >= 0.3 is 0 Å². The minimum Gasteiger partial charge on any atom is -0.323 e. The largest absolute Gasteiger partial charge is 0.323 e. The summed E-state index contributed by atoms with van der Waals surface area (Å²) in [6.45, 7) is 1.66. The molecule has 0 heterocycles. The fourth-order valence-electron chi connectivity index (χ4n) is 4.19. The molecule has 4 aromatic rings. The van der Waals surface area contributed by atoms with E-state index in [1.807, 2.05) is 121 Å². The highest BCUT2D eigenvalue weighted by molar-refractivity contribution is 7.95. The zero-order valence-electron chi connectivity index (χ0n) is 18.5. The SMILES string of the molecule is CP(=O)(CP(=O)(c1ccccc1)c1ccccc1)CP(=O)(c1ccccc1)c1ccccc1. The molecule has 0 atom stereocenters. The molecule has 0 radical (unpaired) electrons. The van der Waals surface area contributed by atoms with Crippen LogP contribution in [0.25, 0.3) is 0 Å². The van der Waals surface area contributed by atoms with E-state index in [-0.39, 0.29) is 11.8 Å². The highest BCUT2D eigenvalue weighted by atomic mass is 31.2. The topological polar surface area (TPSA) is 51.2 Å². The summed E-state index contributed by atoms with van der Waals surface area (Å²) in [5, 5.41) is 2.69. The van der Waals surface area contributed by atoms with Gasteiger partial charge in [-0.15, -0.1) is 0 Å². The molecular formula is C27H27O3P3. The first-order valence-electron chi connectivity index (χ1n) is 10.8. The van der Waals surface area contributed by atoms with Gasteiger partial charge in [-0.2, -0.15) is 0 Å². The Kier molecular flexibility index (Phi) is 7.06. The van der Waals surface area contributed by atoms with Crippen LogP contribution in [0.1, 0.15) is 0 Å². The van der Waals surface area contributed by atoms with Crippen molar-refractivity contribution in [2.24, 2.45) is 0 Å². The summed E-state index contributed by atoms with van der Waals surface area (Å²) in [4.78, 5) is 0. The Morgan fingerprint density at radius 1 is 0.424 bits per heavy atom. The number of rotatable bonds is 8. The smallest absolute Gasteiger partial charge is 0.150 e. The van der Waals surface area contributed by atoms with Crippen molar-refractivity contribution < 1.29 is 13.7 Å². The lowest BCUT2D eigenvalue weighted by Gasteiger charge is -2.27. The molecule has 0 N–H and O–H groups in total. The number of hydrogen-bond donors (Lipinski definition) is 0. The van der Waals surface area contributed by atoms with Crippen molar-refractivity contribution in [3.05, 3.63) is 121 Å². The molecule has 3 nitrogen and oxygen atoms in total. The van der Waals surface area contributed by atoms with Crippen LogP contribution < -0.4 is 21.2 Å². The standard InChI is InChI=1S/C27H27O3P3/c1-31(28,22-32(29,24-14-6-2-7-15-24)25-16-8-3-9-17-25)23-33(30,26-18-10-4-11-19-26)27-20-12-5-13-21-27/h2-21H,22-23H2,1H3. The molecule has 4 aromatic carbocycles. The first kappa shape index (κ1) is 23.7. The van der Waals surface area contributed by atoms with Crippen molar-refractivity contribution in [3.63, 3.8) is 0 Å². The summed E-state index contributed by atoms with van der Waals surface area (Å²) in [6.07, 6.45) is 0. The maximum Gasteiger partial charge on any atom is 0.150 e. The van der Waals surface area contributed by atoms with Crippen LogP contribution in [-0.2, 0) is 13.7 Å². The third kappa shape index (κ3) is 5.23. The summed E-state index contributed by atoms with van der Waals surface area (Å²) in [5.41, 5.74) is 0. The second-order valence-corrected chi connectivity index (χ2v) is 18.3. The molecule has 0 saturated heterocycles. The summed E-state index contributed by atoms with van der Waals surface area (Å²) in [7, 11) is -9.52. The Morgan fingerprint density at radius 3 is 0.848 bits per heavy atom. The number of benzene rings is 4. The molecule has 0 aliphatic carbocycles. The summed E-state index contributed by atoms with van der Waals surface area (Å²) < 4.78 is 43.3. The van der Waals surface area contributed by atoms with Gasteiger partial charge in [-0.3, -0.25) is 0 Å². The summed E-state index contributed by atoms with van der Waals surface area (Å²) >= 11 is 0. The zero-order chi connectivity index (χ0) is 23.4. The summed E-state index contributed by atoms with van der Waals surface area (Å²) in [5.74, 6) is -0.00460. The third-order valence-corrected chi connectivity index (χ3v) is 18.2.